The van der Waals surface area contributed by atoms with Crippen LogP contribution in [0.5, 0.6) is 5.75 Å². The summed E-state index contributed by atoms with van der Waals surface area (Å²) in [6.45, 7) is 6.00. The smallest absolute Gasteiger partial charge is 0.279 e. The third-order valence-corrected chi connectivity index (χ3v) is 11.7. The van der Waals surface area contributed by atoms with Crippen molar-refractivity contribution in [2.24, 2.45) is 5.92 Å². The highest BCUT2D eigenvalue weighted by Gasteiger charge is 2.48. The van der Waals surface area contributed by atoms with Crippen molar-refractivity contribution in [3.05, 3.63) is 100.0 Å². The number of ether oxygens (including phenoxy) is 2. The number of aromatic nitrogens is 2. The van der Waals surface area contributed by atoms with Crippen molar-refractivity contribution in [1.82, 2.24) is 14.7 Å². The number of hydrogen-bond donors (Lipinski definition) is 2. The molecule has 3 heterocycles. The summed E-state index contributed by atoms with van der Waals surface area (Å²) < 4.78 is 14.0. The molecule has 1 unspecified atom stereocenters. The largest absolute Gasteiger partial charge is 0.490 e. The number of methoxy groups -OCH3 is 1. The molecule has 0 radical (unpaired) electrons. The van der Waals surface area contributed by atoms with Crippen molar-refractivity contribution in [3.8, 4) is 11.4 Å². The minimum absolute atomic E-state index is 0.101. The molecule has 2 N–H and O–H groups in total. The highest BCUT2D eigenvalue weighted by Crippen LogP contribution is 2.47. The molecule has 2 aliphatic rings. The molecule has 0 aliphatic carbocycles. The van der Waals surface area contributed by atoms with Gasteiger partial charge in [-0.2, -0.15) is 9.78 Å². The van der Waals surface area contributed by atoms with Crippen LogP contribution in [0.4, 0.5) is 0 Å². The molecule has 3 aromatic carbocycles. The molecule has 0 spiro atoms. The van der Waals surface area contributed by atoms with Gasteiger partial charge in [0.25, 0.3) is 5.56 Å². The molecule has 230 valence electrons. The van der Waals surface area contributed by atoms with Crippen LogP contribution >= 0.6 is 0 Å². The van der Waals surface area contributed by atoms with Gasteiger partial charge in [0.1, 0.15) is 11.9 Å². The first-order valence-corrected chi connectivity index (χ1v) is 18.1. The van der Waals surface area contributed by atoms with Crippen molar-refractivity contribution >= 4 is 25.0 Å². The predicted molar refractivity (Wildman–Crippen MR) is 170 cm³/mol. The summed E-state index contributed by atoms with van der Waals surface area (Å²) >= 11 is 0. The second-order valence-electron chi connectivity index (χ2n) is 12.6. The predicted octanol–water partition coefficient (Wildman–Crippen LogP) is 4.37. The lowest BCUT2D eigenvalue weighted by Crippen LogP contribution is -2.52. The Labute approximate surface area is 257 Å². The zero-order chi connectivity index (χ0) is 31.2. The van der Waals surface area contributed by atoms with Gasteiger partial charge in [0.15, 0.2) is 8.32 Å². The number of nitrogens with zero attached hydrogens (tertiary/aromatic N) is 3. The Morgan fingerprint density at radius 3 is 2.57 bits per heavy atom. The van der Waals surface area contributed by atoms with E-state index in [1.807, 2.05) is 74.6 Å². The lowest BCUT2D eigenvalue weighted by molar-refractivity contribution is -0.136. The molecule has 5 atom stereocenters. The van der Waals surface area contributed by atoms with E-state index in [0.29, 0.717) is 29.8 Å². The average molecular weight is 614 g/mol. The summed E-state index contributed by atoms with van der Waals surface area (Å²) in [5.74, 6) is 0.274. The van der Waals surface area contributed by atoms with Crippen LogP contribution in [0.3, 0.4) is 0 Å². The molecular weight excluding hydrogens is 574 g/mol. The lowest BCUT2D eigenvalue weighted by Gasteiger charge is -2.44. The van der Waals surface area contributed by atoms with E-state index in [4.69, 9.17) is 9.47 Å². The first-order valence-electron chi connectivity index (χ1n) is 15.1. The monoisotopic (exact) mass is 613 g/mol. The molecule has 0 fully saturated rings. The Bertz CT molecular complexity index is 1750. The van der Waals surface area contributed by atoms with Crippen molar-refractivity contribution in [1.29, 1.82) is 0 Å². The zero-order valence-corrected chi connectivity index (χ0v) is 26.5. The fourth-order valence-electron chi connectivity index (χ4n) is 6.89. The van der Waals surface area contributed by atoms with E-state index in [1.165, 1.54) is 4.68 Å². The van der Waals surface area contributed by atoms with Gasteiger partial charge in [-0.15, -0.1) is 0 Å². The maximum Gasteiger partial charge on any atom is 0.279 e. The van der Waals surface area contributed by atoms with E-state index >= 15 is 0 Å². The van der Waals surface area contributed by atoms with Crippen LogP contribution in [0.1, 0.15) is 36.1 Å². The summed E-state index contributed by atoms with van der Waals surface area (Å²) in [4.78, 5) is 40.5. The fourth-order valence-corrected chi connectivity index (χ4v) is 8.74. The van der Waals surface area contributed by atoms with Crippen LogP contribution < -0.4 is 10.3 Å². The van der Waals surface area contributed by atoms with Crippen molar-refractivity contribution in [2.75, 3.05) is 13.7 Å². The van der Waals surface area contributed by atoms with E-state index < -0.39 is 26.1 Å². The van der Waals surface area contributed by atoms with Crippen LogP contribution in [0.25, 0.3) is 16.5 Å². The standard InChI is InChI=1S/C34H39N3O6Si/c1-21-32(42-2)28-16-25(37-34(40)27-12-8-7-10-23(27)18-35-37)13-14-29(28)43-33(21)30(44(3,4)41)17-31(39)36-19-24-11-6-5-9-22(24)15-26(36)20-38/h5-14,16,18,21,26,30,32-33,38,41H,15,17,19-20H2,1-4H3/t21-,26-,30?,32-,33-/m0/s1. The van der Waals surface area contributed by atoms with Crippen molar-refractivity contribution in [2.45, 2.75) is 63.2 Å². The zero-order valence-electron chi connectivity index (χ0n) is 25.5. The summed E-state index contributed by atoms with van der Waals surface area (Å²) in [6.07, 6.45) is 1.48. The molecule has 44 heavy (non-hydrogen) atoms. The molecule has 4 aromatic rings. The summed E-state index contributed by atoms with van der Waals surface area (Å²) in [7, 11) is -1.31. The average Bonchev–Trinajstić information content (AvgIpc) is 3.02. The molecule has 6 rings (SSSR count). The van der Waals surface area contributed by atoms with Gasteiger partial charge in [-0.05, 0) is 54.9 Å². The van der Waals surface area contributed by atoms with Gasteiger partial charge in [-0.3, -0.25) is 9.59 Å². The fraction of sp³-hybridized carbons (Fsp3) is 0.382. The maximum absolute atomic E-state index is 13.9. The van der Waals surface area contributed by atoms with Crippen LogP contribution in [0.15, 0.2) is 77.7 Å². The number of rotatable bonds is 7. The number of carbonyl (C=O) groups is 1. The molecule has 2 aliphatic heterocycles. The molecule has 1 aromatic heterocycles. The Kier molecular flexibility index (Phi) is 8.19. The SMILES string of the molecule is CO[C@@H]1c2cc(-n3ncc4ccccc4c3=O)ccc2O[C@H](C(CC(=O)N2Cc3ccccc3C[C@H]2CO)[Si](C)(C)O)[C@H]1C. The molecule has 0 bridgehead atoms. The number of aliphatic hydroxyl groups is 1. The first kappa shape index (κ1) is 30.2. The van der Waals surface area contributed by atoms with Crippen LogP contribution in [-0.4, -0.2) is 64.7 Å². The van der Waals surface area contributed by atoms with E-state index in [0.717, 1.165) is 22.1 Å². The maximum atomic E-state index is 13.9. The normalized spacial score (nSPS) is 22.2. The molecule has 0 saturated carbocycles. The highest BCUT2D eigenvalue weighted by molar-refractivity contribution is 6.71. The summed E-state index contributed by atoms with van der Waals surface area (Å²) in [5.41, 5.74) is 2.96. The first-order chi connectivity index (χ1) is 21.1. The van der Waals surface area contributed by atoms with E-state index in [2.05, 4.69) is 5.10 Å². The van der Waals surface area contributed by atoms with E-state index in [-0.39, 0.29) is 36.5 Å². The van der Waals surface area contributed by atoms with Crippen LogP contribution in [0, 0.1) is 5.92 Å². The Balaban J connectivity index is 1.30. The van der Waals surface area contributed by atoms with Gasteiger partial charge in [0.05, 0.1) is 36.0 Å². The number of hydrogen-bond acceptors (Lipinski definition) is 7. The number of fused-ring (bicyclic) bond motifs is 3. The van der Waals surface area contributed by atoms with E-state index in [1.54, 1.807) is 30.3 Å². The quantitative estimate of drug-likeness (QED) is 0.298. The van der Waals surface area contributed by atoms with E-state index in [9.17, 15) is 19.5 Å². The molecular formula is C34H39N3O6Si. The second kappa shape index (κ2) is 11.9. The number of amides is 1. The third kappa shape index (κ3) is 5.47. The van der Waals surface area contributed by atoms with Crippen molar-refractivity contribution in [3.63, 3.8) is 0 Å². The Morgan fingerprint density at radius 2 is 1.84 bits per heavy atom. The van der Waals surface area contributed by atoms with Gasteiger partial charge in [0, 0.05) is 42.5 Å². The molecule has 0 saturated heterocycles. The number of aliphatic hydroxyl groups excluding tert-OH is 1. The minimum atomic E-state index is -2.95. The van der Waals surface area contributed by atoms with Crippen molar-refractivity contribution < 1.29 is 24.2 Å². The molecule has 9 nitrogen and oxygen atoms in total. The van der Waals surface area contributed by atoms with Gasteiger partial charge < -0.3 is 24.3 Å². The Morgan fingerprint density at radius 1 is 1.11 bits per heavy atom. The highest BCUT2D eigenvalue weighted by atomic mass is 28.4. The van der Waals surface area contributed by atoms with Crippen LogP contribution in [-0.2, 0) is 22.5 Å². The van der Waals surface area contributed by atoms with Gasteiger partial charge in [-0.1, -0.05) is 49.4 Å². The van der Waals surface area contributed by atoms with Gasteiger partial charge >= 0.3 is 0 Å². The minimum Gasteiger partial charge on any atom is -0.490 e. The summed E-state index contributed by atoms with van der Waals surface area (Å²) in [5, 5.41) is 15.9. The lowest BCUT2D eigenvalue weighted by atomic mass is 9.86. The summed E-state index contributed by atoms with van der Waals surface area (Å²) in [6, 6.07) is 20.5. The van der Waals surface area contributed by atoms with Gasteiger partial charge in [0.2, 0.25) is 5.91 Å². The number of carbonyl (C=O) groups excluding carboxylic acids is 1. The number of benzene rings is 3. The second-order valence-corrected chi connectivity index (χ2v) is 16.6. The topological polar surface area (TPSA) is 114 Å². The van der Waals surface area contributed by atoms with Crippen LogP contribution in [0.2, 0.25) is 18.6 Å². The molecule has 10 heteroatoms. The Hall–Kier alpha value is -3.83. The third-order valence-electron chi connectivity index (χ3n) is 9.34. The van der Waals surface area contributed by atoms with Gasteiger partial charge in [-0.25, -0.2) is 0 Å². The molecule has 1 amide bonds.